The van der Waals surface area contributed by atoms with Crippen LogP contribution in [0.25, 0.3) is 0 Å². The molecule has 0 bridgehead atoms. The van der Waals surface area contributed by atoms with Crippen molar-refractivity contribution in [1.29, 1.82) is 0 Å². The Morgan fingerprint density at radius 2 is 2.00 bits per heavy atom. The number of likely N-dealkylation sites (tertiary alicyclic amines) is 1. The van der Waals surface area contributed by atoms with Crippen LogP contribution in [0.1, 0.15) is 43.0 Å². The van der Waals surface area contributed by atoms with Crippen molar-refractivity contribution in [2.75, 3.05) is 13.7 Å². The van der Waals surface area contributed by atoms with E-state index < -0.39 is 0 Å². The molecular formula is C19H24N2O3S. The first kappa shape index (κ1) is 17.7. The van der Waals surface area contributed by atoms with Crippen molar-refractivity contribution in [2.24, 2.45) is 0 Å². The third kappa shape index (κ3) is 3.95. The number of carbonyl (C=O) groups excluding carboxylic acids is 1. The van der Waals surface area contributed by atoms with Gasteiger partial charge in [-0.05, 0) is 37.5 Å². The van der Waals surface area contributed by atoms with Gasteiger partial charge in [-0.15, -0.1) is 0 Å². The average molecular weight is 360 g/mol. The topological polar surface area (TPSA) is 51.5 Å². The van der Waals surface area contributed by atoms with Gasteiger partial charge < -0.3 is 9.64 Å². The van der Waals surface area contributed by atoms with Gasteiger partial charge in [0.05, 0.1) is 13.2 Å². The lowest BCUT2D eigenvalue weighted by atomic mass is 10.0. The van der Waals surface area contributed by atoms with Crippen LogP contribution in [0.2, 0.25) is 0 Å². The predicted molar refractivity (Wildman–Crippen MR) is 99.2 cm³/mol. The normalized spacial score (nSPS) is 18.0. The standard InChI is InChI=1S/C19H24N2O3S/c1-14-13-25-19(23)21(14)12-18(22)20-11-5-3-4-6-17(20)15-7-9-16(24-2)10-8-15/h7-10,13,17H,3-6,11-12H2,1-2H3/t17-/m0/s1. The summed E-state index contributed by atoms with van der Waals surface area (Å²) < 4.78 is 6.81. The lowest BCUT2D eigenvalue weighted by Crippen LogP contribution is -2.38. The Balaban J connectivity index is 1.84. The summed E-state index contributed by atoms with van der Waals surface area (Å²) in [5.74, 6) is 0.835. The molecule has 1 aliphatic heterocycles. The first-order valence-electron chi connectivity index (χ1n) is 8.68. The van der Waals surface area contributed by atoms with Gasteiger partial charge in [0.1, 0.15) is 12.3 Å². The van der Waals surface area contributed by atoms with Gasteiger partial charge in [0.15, 0.2) is 0 Å². The monoisotopic (exact) mass is 360 g/mol. The zero-order valence-corrected chi connectivity index (χ0v) is 15.6. The van der Waals surface area contributed by atoms with Gasteiger partial charge in [-0.1, -0.05) is 36.3 Å². The molecule has 0 unspecified atom stereocenters. The number of methoxy groups -OCH3 is 1. The Bertz CT molecular complexity index is 779. The Morgan fingerprint density at radius 3 is 2.64 bits per heavy atom. The fourth-order valence-corrected chi connectivity index (χ4v) is 4.14. The molecule has 1 aromatic carbocycles. The molecule has 0 N–H and O–H groups in total. The van der Waals surface area contributed by atoms with Crippen LogP contribution in [-0.2, 0) is 11.3 Å². The molecule has 1 atom stereocenters. The van der Waals surface area contributed by atoms with E-state index in [9.17, 15) is 9.59 Å². The quantitative estimate of drug-likeness (QED) is 0.840. The van der Waals surface area contributed by atoms with Crippen molar-refractivity contribution in [1.82, 2.24) is 9.47 Å². The predicted octanol–water partition coefficient (Wildman–Crippen LogP) is 3.37. The highest BCUT2D eigenvalue weighted by atomic mass is 32.1. The second-order valence-corrected chi connectivity index (χ2v) is 7.28. The van der Waals surface area contributed by atoms with Crippen LogP contribution in [0, 0.1) is 6.92 Å². The van der Waals surface area contributed by atoms with Gasteiger partial charge in [0, 0.05) is 17.6 Å². The summed E-state index contributed by atoms with van der Waals surface area (Å²) in [4.78, 5) is 26.8. The molecule has 2 aromatic rings. The fraction of sp³-hybridized carbons (Fsp3) is 0.474. The highest BCUT2D eigenvalue weighted by Crippen LogP contribution is 2.31. The lowest BCUT2D eigenvalue weighted by Gasteiger charge is -2.31. The van der Waals surface area contributed by atoms with Gasteiger partial charge in [-0.2, -0.15) is 0 Å². The maximum Gasteiger partial charge on any atom is 0.307 e. The molecule has 0 saturated carbocycles. The first-order valence-corrected chi connectivity index (χ1v) is 9.56. The number of ether oxygens (including phenoxy) is 1. The number of aryl methyl sites for hydroxylation is 1. The number of amides is 1. The zero-order chi connectivity index (χ0) is 17.8. The van der Waals surface area contributed by atoms with E-state index in [1.165, 1.54) is 0 Å². The van der Waals surface area contributed by atoms with Crippen molar-refractivity contribution < 1.29 is 9.53 Å². The van der Waals surface area contributed by atoms with Crippen LogP contribution in [0.3, 0.4) is 0 Å². The van der Waals surface area contributed by atoms with E-state index in [4.69, 9.17) is 4.74 Å². The number of hydrogen-bond donors (Lipinski definition) is 0. The number of thiazole rings is 1. The molecule has 2 heterocycles. The van der Waals surface area contributed by atoms with Crippen LogP contribution in [0.4, 0.5) is 0 Å². The largest absolute Gasteiger partial charge is 0.497 e. The smallest absolute Gasteiger partial charge is 0.307 e. The van der Waals surface area contributed by atoms with Gasteiger partial charge in [0.2, 0.25) is 5.91 Å². The minimum Gasteiger partial charge on any atom is -0.497 e. The van der Waals surface area contributed by atoms with Gasteiger partial charge in [-0.25, -0.2) is 0 Å². The van der Waals surface area contributed by atoms with E-state index >= 15 is 0 Å². The van der Waals surface area contributed by atoms with Gasteiger partial charge in [-0.3, -0.25) is 14.2 Å². The van der Waals surface area contributed by atoms with Crippen LogP contribution in [-0.4, -0.2) is 29.0 Å². The summed E-state index contributed by atoms with van der Waals surface area (Å²) in [5.41, 5.74) is 1.98. The molecule has 134 valence electrons. The molecule has 6 heteroatoms. The minimum absolute atomic E-state index is 0.0197. The van der Waals surface area contributed by atoms with Crippen molar-refractivity contribution in [3.63, 3.8) is 0 Å². The second-order valence-electron chi connectivity index (χ2n) is 6.45. The molecule has 25 heavy (non-hydrogen) atoms. The van der Waals surface area contributed by atoms with E-state index in [1.807, 2.05) is 36.1 Å². The van der Waals surface area contributed by atoms with E-state index in [1.54, 1.807) is 17.1 Å². The van der Waals surface area contributed by atoms with E-state index in [2.05, 4.69) is 0 Å². The third-order valence-electron chi connectivity index (χ3n) is 4.84. The summed E-state index contributed by atoms with van der Waals surface area (Å²) in [6, 6.07) is 8.02. The van der Waals surface area contributed by atoms with Gasteiger partial charge >= 0.3 is 4.87 Å². The first-order chi connectivity index (χ1) is 12.1. The van der Waals surface area contributed by atoms with Crippen molar-refractivity contribution >= 4 is 17.2 Å². The molecule has 0 radical (unpaired) electrons. The summed E-state index contributed by atoms with van der Waals surface area (Å²) >= 11 is 1.15. The Morgan fingerprint density at radius 1 is 1.24 bits per heavy atom. The number of aromatic nitrogens is 1. The lowest BCUT2D eigenvalue weighted by molar-refractivity contribution is -0.134. The molecular weight excluding hydrogens is 336 g/mol. The average Bonchev–Trinajstić information content (AvgIpc) is 2.83. The maximum atomic E-state index is 13.0. The molecule has 5 nitrogen and oxygen atoms in total. The van der Waals surface area contributed by atoms with E-state index in [-0.39, 0.29) is 23.4 Å². The summed E-state index contributed by atoms with van der Waals surface area (Å²) in [7, 11) is 1.65. The summed E-state index contributed by atoms with van der Waals surface area (Å²) in [5, 5.41) is 1.80. The number of hydrogen-bond acceptors (Lipinski definition) is 4. The fourth-order valence-electron chi connectivity index (χ4n) is 3.40. The van der Waals surface area contributed by atoms with Gasteiger partial charge in [0.25, 0.3) is 0 Å². The molecule has 0 aliphatic carbocycles. The Kier molecular flexibility index (Phi) is 5.58. The SMILES string of the molecule is COc1ccc([C@@H]2CCCCCN2C(=O)Cn2c(C)csc2=O)cc1. The third-order valence-corrected chi connectivity index (χ3v) is 5.72. The molecule has 1 fully saturated rings. The van der Waals surface area contributed by atoms with Crippen molar-refractivity contribution in [3.8, 4) is 5.75 Å². The minimum atomic E-state index is -0.0679. The Hall–Kier alpha value is -2.08. The maximum absolute atomic E-state index is 13.0. The van der Waals surface area contributed by atoms with Crippen LogP contribution >= 0.6 is 11.3 Å². The molecule has 1 saturated heterocycles. The number of benzene rings is 1. The highest BCUT2D eigenvalue weighted by molar-refractivity contribution is 7.07. The second kappa shape index (κ2) is 7.87. The van der Waals surface area contributed by atoms with E-state index in [0.29, 0.717) is 0 Å². The molecule has 1 amide bonds. The zero-order valence-electron chi connectivity index (χ0n) is 14.7. The Labute approximate surface area is 151 Å². The molecule has 3 rings (SSSR count). The van der Waals surface area contributed by atoms with Crippen molar-refractivity contribution in [3.05, 3.63) is 50.6 Å². The van der Waals surface area contributed by atoms with Crippen molar-refractivity contribution in [2.45, 2.75) is 45.2 Å². The molecule has 1 aliphatic rings. The van der Waals surface area contributed by atoms with Crippen LogP contribution in [0.15, 0.2) is 34.4 Å². The highest BCUT2D eigenvalue weighted by Gasteiger charge is 2.27. The number of rotatable bonds is 4. The van der Waals surface area contributed by atoms with Crippen LogP contribution < -0.4 is 9.61 Å². The molecule has 1 aromatic heterocycles. The summed E-state index contributed by atoms with van der Waals surface area (Å²) in [6.07, 6.45) is 4.21. The number of nitrogens with zero attached hydrogens (tertiary/aromatic N) is 2. The van der Waals surface area contributed by atoms with E-state index in [0.717, 1.165) is 60.6 Å². The van der Waals surface area contributed by atoms with Crippen LogP contribution in [0.5, 0.6) is 5.75 Å². The number of carbonyl (C=O) groups is 1. The summed E-state index contributed by atoms with van der Waals surface area (Å²) in [6.45, 7) is 2.74. The molecule has 0 spiro atoms.